The van der Waals surface area contributed by atoms with Gasteiger partial charge in [-0.25, -0.2) is 4.79 Å². The van der Waals surface area contributed by atoms with Crippen molar-refractivity contribution in [1.82, 2.24) is 10.6 Å². The second kappa shape index (κ2) is 13.2. The third kappa shape index (κ3) is 10.4. The van der Waals surface area contributed by atoms with E-state index in [1.54, 1.807) is 0 Å². The number of rotatable bonds is 13. The van der Waals surface area contributed by atoms with Crippen LogP contribution in [0, 0.1) is 5.92 Å². The summed E-state index contributed by atoms with van der Waals surface area (Å²) in [5, 5.41) is 14.6. The van der Waals surface area contributed by atoms with Gasteiger partial charge in [0.2, 0.25) is 11.8 Å². The van der Waals surface area contributed by atoms with Crippen molar-refractivity contribution in [1.29, 1.82) is 0 Å². The van der Waals surface area contributed by atoms with Gasteiger partial charge in [-0.05, 0) is 30.7 Å². The molecular weight excluding hydrogens is 400 g/mol. The van der Waals surface area contributed by atoms with Crippen LogP contribution in [0.2, 0.25) is 0 Å². The zero-order chi connectivity index (χ0) is 23.4. The molecule has 0 bridgehead atoms. The highest BCUT2D eigenvalue weighted by Gasteiger charge is 2.28. The Bertz CT molecular complexity index is 749. The second-order valence-corrected chi connectivity index (χ2v) is 7.84. The van der Waals surface area contributed by atoms with E-state index >= 15 is 0 Å². The first kappa shape index (κ1) is 25.9. The number of carbonyl (C=O) groups excluding carboxylic acids is 2. The molecule has 0 saturated carbocycles. The van der Waals surface area contributed by atoms with Gasteiger partial charge >= 0.3 is 5.97 Å². The smallest absolute Gasteiger partial charge is 0.326 e. The molecule has 0 heterocycles. The van der Waals surface area contributed by atoms with Crippen LogP contribution in [-0.4, -0.2) is 53.5 Å². The van der Waals surface area contributed by atoms with Gasteiger partial charge in [0, 0.05) is 13.0 Å². The zero-order valence-corrected chi connectivity index (χ0v) is 18.1. The van der Waals surface area contributed by atoms with Crippen molar-refractivity contribution in [3.63, 3.8) is 0 Å². The Morgan fingerprint density at radius 1 is 1.03 bits per heavy atom. The van der Waals surface area contributed by atoms with Crippen LogP contribution in [0.15, 0.2) is 35.3 Å². The van der Waals surface area contributed by atoms with E-state index in [2.05, 4.69) is 15.6 Å². The number of nitrogens with two attached hydrogens (primary N) is 3. The lowest BCUT2D eigenvalue weighted by atomic mass is 10.0. The lowest BCUT2D eigenvalue weighted by molar-refractivity contribution is -0.142. The number of benzene rings is 1. The maximum atomic E-state index is 12.9. The number of amides is 2. The molecular formula is C21H34N6O4. The highest BCUT2D eigenvalue weighted by Crippen LogP contribution is 2.08. The van der Waals surface area contributed by atoms with Crippen LogP contribution >= 0.6 is 0 Å². The number of carboxylic acid groups (broad SMARTS) is 1. The average Bonchev–Trinajstić information content (AvgIpc) is 2.70. The van der Waals surface area contributed by atoms with Crippen LogP contribution in [0.4, 0.5) is 0 Å². The third-order valence-corrected chi connectivity index (χ3v) is 4.54. The quantitative estimate of drug-likeness (QED) is 0.140. The van der Waals surface area contributed by atoms with Crippen molar-refractivity contribution in [2.75, 3.05) is 6.54 Å². The first-order valence-corrected chi connectivity index (χ1v) is 10.3. The molecule has 3 atom stereocenters. The largest absolute Gasteiger partial charge is 0.480 e. The number of aliphatic carboxylic acids is 1. The van der Waals surface area contributed by atoms with E-state index in [4.69, 9.17) is 17.2 Å². The molecule has 10 nitrogen and oxygen atoms in total. The zero-order valence-electron chi connectivity index (χ0n) is 18.1. The molecule has 0 saturated heterocycles. The van der Waals surface area contributed by atoms with Gasteiger partial charge in [-0.15, -0.1) is 0 Å². The van der Waals surface area contributed by atoms with Crippen molar-refractivity contribution in [3.8, 4) is 0 Å². The lowest BCUT2D eigenvalue weighted by Gasteiger charge is -2.23. The van der Waals surface area contributed by atoms with Gasteiger partial charge in [0.25, 0.3) is 0 Å². The van der Waals surface area contributed by atoms with E-state index in [9.17, 15) is 19.5 Å². The standard InChI is InChI=1S/C21H34N6O4/c1-13(2)11-17(20(30)31)27-19(29)16(12-14-7-4-3-5-8-14)26-18(28)15(22)9-6-10-25-21(23)24/h3-5,7-8,13,15-17H,6,9-12,22H2,1-2H3,(H,26,28)(H,27,29)(H,30,31)(H4,23,24,25). The van der Waals surface area contributed by atoms with Crippen LogP contribution in [0.25, 0.3) is 0 Å². The average molecular weight is 435 g/mol. The Hall–Kier alpha value is -3.14. The van der Waals surface area contributed by atoms with E-state index in [-0.39, 0.29) is 24.7 Å². The van der Waals surface area contributed by atoms with E-state index < -0.39 is 35.9 Å². The Morgan fingerprint density at radius 2 is 1.65 bits per heavy atom. The summed E-state index contributed by atoms with van der Waals surface area (Å²) in [5.41, 5.74) is 17.3. The molecule has 3 unspecified atom stereocenters. The maximum Gasteiger partial charge on any atom is 0.326 e. The topological polar surface area (TPSA) is 186 Å². The van der Waals surface area contributed by atoms with Crippen molar-refractivity contribution >= 4 is 23.7 Å². The number of nitrogens with zero attached hydrogens (tertiary/aromatic N) is 1. The Morgan fingerprint density at radius 3 is 2.19 bits per heavy atom. The number of hydrogen-bond donors (Lipinski definition) is 6. The summed E-state index contributed by atoms with van der Waals surface area (Å²) in [6.45, 7) is 4.08. The predicted octanol–water partition coefficient (Wildman–Crippen LogP) is -0.290. The summed E-state index contributed by atoms with van der Waals surface area (Å²) in [6.07, 6.45) is 1.30. The lowest BCUT2D eigenvalue weighted by Crippen LogP contribution is -2.55. The molecule has 1 aromatic carbocycles. The van der Waals surface area contributed by atoms with Crippen LogP contribution < -0.4 is 27.8 Å². The second-order valence-electron chi connectivity index (χ2n) is 7.84. The maximum absolute atomic E-state index is 12.9. The van der Waals surface area contributed by atoms with Gasteiger partial charge in [0.15, 0.2) is 5.96 Å². The van der Waals surface area contributed by atoms with Crippen molar-refractivity contribution in [2.24, 2.45) is 28.1 Å². The Kier molecular flexibility index (Phi) is 11.0. The molecule has 0 fully saturated rings. The van der Waals surface area contributed by atoms with Gasteiger partial charge in [-0.2, -0.15) is 0 Å². The monoisotopic (exact) mass is 434 g/mol. The first-order chi connectivity index (χ1) is 14.6. The molecule has 1 rings (SSSR count). The molecule has 9 N–H and O–H groups in total. The molecule has 2 amide bonds. The minimum Gasteiger partial charge on any atom is -0.480 e. The molecule has 10 heteroatoms. The van der Waals surface area contributed by atoms with Gasteiger partial charge in [0.1, 0.15) is 12.1 Å². The molecule has 0 radical (unpaired) electrons. The minimum absolute atomic E-state index is 0.0352. The van der Waals surface area contributed by atoms with Gasteiger partial charge in [-0.1, -0.05) is 44.2 Å². The van der Waals surface area contributed by atoms with Crippen LogP contribution in [-0.2, 0) is 20.8 Å². The molecule has 0 spiro atoms. The molecule has 172 valence electrons. The van der Waals surface area contributed by atoms with Gasteiger partial charge < -0.3 is 32.9 Å². The summed E-state index contributed by atoms with van der Waals surface area (Å²) >= 11 is 0. The fourth-order valence-corrected chi connectivity index (χ4v) is 2.95. The van der Waals surface area contributed by atoms with Crippen LogP contribution in [0.5, 0.6) is 0 Å². The normalized spacial score (nSPS) is 13.7. The Labute approximate surface area is 182 Å². The third-order valence-electron chi connectivity index (χ3n) is 4.54. The number of carboxylic acids is 1. The summed E-state index contributed by atoms with van der Waals surface area (Å²) in [5.74, 6) is -2.16. The number of nitrogens with one attached hydrogen (secondary N) is 2. The highest BCUT2D eigenvalue weighted by molar-refractivity contribution is 5.92. The number of guanidine groups is 1. The van der Waals surface area contributed by atoms with E-state index in [1.807, 2.05) is 44.2 Å². The van der Waals surface area contributed by atoms with Gasteiger partial charge in [-0.3, -0.25) is 14.6 Å². The summed E-state index contributed by atoms with van der Waals surface area (Å²) in [7, 11) is 0. The fourth-order valence-electron chi connectivity index (χ4n) is 2.95. The Balaban J connectivity index is 2.85. The van der Waals surface area contributed by atoms with E-state index in [0.29, 0.717) is 19.4 Å². The van der Waals surface area contributed by atoms with Crippen molar-refractivity contribution < 1.29 is 19.5 Å². The number of carbonyl (C=O) groups is 3. The molecule has 0 aliphatic carbocycles. The van der Waals surface area contributed by atoms with Gasteiger partial charge in [0.05, 0.1) is 6.04 Å². The molecule has 0 aromatic heterocycles. The fraction of sp³-hybridized carbons (Fsp3) is 0.524. The van der Waals surface area contributed by atoms with Crippen LogP contribution in [0.3, 0.4) is 0 Å². The molecule has 0 aliphatic heterocycles. The number of hydrogen-bond acceptors (Lipinski definition) is 5. The predicted molar refractivity (Wildman–Crippen MR) is 119 cm³/mol. The highest BCUT2D eigenvalue weighted by atomic mass is 16.4. The first-order valence-electron chi connectivity index (χ1n) is 10.3. The molecule has 0 aliphatic rings. The van der Waals surface area contributed by atoms with Crippen molar-refractivity contribution in [2.45, 2.75) is 57.7 Å². The van der Waals surface area contributed by atoms with E-state index in [0.717, 1.165) is 5.56 Å². The minimum atomic E-state index is -1.12. The van der Waals surface area contributed by atoms with Crippen molar-refractivity contribution in [3.05, 3.63) is 35.9 Å². The SMILES string of the molecule is CC(C)CC(NC(=O)C(Cc1ccccc1)NC(=O)C(N)CCCN=C(N)N)C(=O)O. The molecule has 31 heavy (non-hydrogen) atoms. The summed E-state index contributed by atoms with van der Waals surface area (Å²) < 4.78 is 0. The van der Waals surface area contributed by atoms with E-state index in [1.165, 1.54) is 0 Å². The van der Waals surface area contributed by atoms with Crippen LogP contribution in [0.1, 0.15) is 38.7 Å². The molecule has 1 aromatic rings. The number of aliphatic imine (C=N–C) groups is 1. The summed E-state index contributed by atoms with van der Waals surface area (Å²) in [6, 6.07) is 6.26. The summed E-state index contributed by atoms with van der Waals surface area (Å²) in [4.78, 5) is 40.8.